The molecular weight excluding hydrogens is 746 g/mol. The van der Waals surface area contributed by atoms with Crippen LogP contribution in [-0.2, 0) is 26.5 Å². The predicted octanol–water partition coefficient (Wildman–Crippen LogP) is 10.5. The molecule has 0 saturated heterocycles. The molecule has 0 amide bonds. The molecule has 0 radical (unpaired) electrons. The van der Waals surface area contributed by atoms with Crippen molar-refractivity contribution >= 4 is 21.8 Å². The Hall–Kier alpha value is -4.53. The molecule has 0 aliphatic rings. The summed E-state index contributed by atoms with van der Waals surface area (Å²) in [6.45, 7) is 13.1. The summed E-state index contributed by atoms with van der Waals surface area (Å²) in [4.78, 5) is 9.45. The van der Waals surface area contributed by atoms with Crippen molar-refractivity contribution in [3.63, 3.8) is 0 Å². The van der Waals surface area contributed by atoms with Gasteiger partial charge in [0.05, 0.1) is 0 Å². The maximum atomic E-state index is 6.41. The van der Waals surface area contributed by atoms with Gasteiger partial charge in [-0.05, 0) is 83.3 Å². The summed E-state index contributed by atoms with van der Waals surface area (Å²) in [5.41, 5.74) is 11.1. The number of benzene rings is 4. The first-order valence-electron chi connectivity index (χ1n) is 15.3. The summed E-state index contributed by atoms with van der Waals surface area (Å²) in [6.07, 6.45) is 3.76. The molecule has 0 unspecified atom stereocenters. The summed E-state index contributed by atoms with van der Waals surface area (Å²) in [7, 11) is 0. The Labute approximate surface area is 285 Å². The second-order valence-electron chi connectivity index (χ2n) is 12.8. The fourth-order valence-electron chi connectivity index (χ4n) is 6.03. The van der Waals surface area contributed by atoms with Crippen molar-refractivity contribution in [2.75, 3.05) is 0 Å². The van der Waals surface area contributed by atoms with E-state index in [1.807, 2.05) is 54.9 Å². The van der Waals surface area contributed by atoms with E-state index >= 15 is 0 Å². The number of aromatic nitrogens is 3. The molecule has 0 aliphatic heterocycles. The molecule has 0 spiro atoms. The van der Waals surface area contributed by atoms with Crippen LogP contribution in [0.1, 0.15) is 43.0 Å². The summed E-state index contributed by atoms with van der Waals surface area (Å²) >= 11 is 0. The van der Waals surface area contributed by atoms with Crippen LogP contribution in [0.25, 0.3) is 50.0 Å². The fraction of sp³-hybridized carbons (Fsp3) is 0.171. The van der Waals surface area contributed by atoms with Gasteiger partial charge in [-0.15, -0.1) is 41.3 Å². The van der Waals surface area contributed by atoms with E-state index < -0.39 is 0 Å². The number of aryl methyl sites for hydroxylation is 3. The first-order chi connectivity index (χ1) is 21.7. The third-order valence-electron chi connectivity index (χ3n) is 8.43. The molecule has 4 nitrogen and oxygen atoms in total. The maximum Gasteiger partial charge on any atom is 2.00 e. The van der Waals surface area contributed by atoms with Gasteiger partial charge in [0.15, 0.2) is 0 Å². The molecule has 0 atom stereocenters. The van der Waals surface area contributed by atoms with E-state index in [9.17, 15) is 0 Å². The topological polar surface area (TPSA) is 39.9 Å². The van der Waals surface area contributed by atoms with Crippen LogP contribution >= 0.6 is 0 Å². The third kappa shape index (κ3) is 5.90. The predicted molar refractivity (Wildman–Crippen MR) is 184 cm³/mol. The average molecular weight is 781 g/mol. The summed E-state index contributed by atoms with van der Waals surface area (Å²) in [5.74, 6) is 2.06. The first-order valence-corrected chi connectivity index (χ1v) is 15.3. The molecule has 5 heteroatoms. The van der Waals surface area contributed by atoms with Gasteiger partial charge >= 0.3 is 21.1 Å². The van der Waals surface area contributed by atoms with E-state index in [-0.39, 0.29) is 26.5 Å². The van der Waals surface area contributed by atoms with E-state index in [0.29, 0.717) is 11.5 Å². The van der Waals surface area contributed by atoms with Gasteiger partial charge in [-0.2, -0.15) is 6.07 Å². The molecule has 46 heavy (non-hydrogen) atoms. The number of rotatable bonds is 5. The van der Waals surface area contributed by atoms with Crippen LogP contribution < -0.4 is 4.74 Å². The quantitative estimate of drug-likeness (QED) is 0.163. The van der Waals surface area contributed by atoms with Crippen LogP contribution in [0, 0.1) is 32.9 Å². The number of hydrogen-bond donors (Lipinski definition) is 0. The Kier molecular flexibility index (Phi) is 8.44. The van der Waals surface area contributed by atoms with Crippen molar-refractivity contribution in [1.29, 1.82) is 0 Å². The molecule has 0 aliphatic carbocycles. The molecule has 3 aromatic heterocycles. The summed E-state index contributed by atoms with van der Waals surface area (Å²) < 4.78 is 8.57. The molecule has 7 aromatic rings. The van der Waals surface area contributed by atoms with Gasteiger partial charge in [0.2, 0.25) is 0 Å². The average Bonchev–Trinajstić information content (AvgIpc) is 3.35. The number of ether oxygens (including phenoxy) is 1. The standard InChI is InChI=1S/C41H35N3O.Pt/c1-26-13-16-33(27(2)20-26)35-24-37(43-25-28(35)3)29-10-9-11-31(21-29)45-32-15-17-34-36-22-30(41(4,5)6)14-18-38(36)44(39(34)23-32)40-12-7-8-19-42-40;/h7-20,22,24-25H,1-6H3;/q-2;+2. The van der Waals surface area contributed by atoms with E-state index in [1.54, 1.807) is 0 Å². The maximum absolute atomic E-state index is 6.41. The minimum atomic E-state index is 0. The molecular formula is C41H35N3OPt. The van der Waals surface area contributed by atoms with E-state index in [2.05, 4.69) is 112 Å². The van der Waals surface area contributed by atoms with Crippen molar-refractivity contribution < 1.29 is 25.8 Å². The largest absolute Gasteiger partial charge is 2.00 e. The van der Waals surface area contributed by atoms with Gasteiger partial charge in [-0.25, -0.2) is 4.98 Å². The Morgan fingerprint density at radius 1 is 0.696 bits per heavy atom. The van der Waals surface area contributed by atoms with E-state index in [4.69, 9.17) is 9.72 Å². The normalized spacial score (nSPS) is 11.5. The molecule has 0 fully saturated rings. The number of nitrogens with zero attached hydrogens (tertiary/aromatic N) is 3. The minimum Gasteiger partial charge on any atom is -0.503 e. The van der Waals surface area contributed by atoms with Gasteiger partial charge in [-0.3, -0.25) is 0 Å². The number of hydrogen-bond acceptors (Lipinski definition) is 3. The minimum absolute atomic E-state index is 0. The fourth-order valence-corrected chi connectivity index (χ4v) is 6.03. The SMILES string of the molecule is Cc1ccc(-c2cc(-c3[c-]c(Oc4[c-]c5c(cc4)c4cc(C(C)(C)C)ccc4n5-c4ccccn4)ccc3)ncc2C)c(C)c1.[Pt+2]. The van der Waals surface area contributed by atoms with Crippen LogP contribution in [0.5, 0.6) is 11.5 Å². The second kappa shape index (κ2) is 12.3. The Morgan fingerprint density at radius 2 is 1.52 bits per heavy atom. The molecule has 0 N–H and O–H groups in total. The smallest absolute Gasteiger partial charge is 0.503 e. The second-order valence-corrected chi connectivity index (χ2v) is 12.8. The van der Waals surface area contributed by atoms with Crippen molar-refractivity contribution in [1.82, 2.24) is 14.5 Å². The van der Waals surface area contributed by atoms with Crippen LogP contribution in [0.4, 0.5) is 0 Å². The molecule has 230 valence electrons. The molecule has 0 saturated carbocycles. The number of pyridine rings is 2. The van der Waals surface area contributed by atoms with Crippen molar-refractivity contribution in [3.05, 3.63) is 138 Å². The van der Waals surface area contributed by atoms with Crippen LogP contribution in [0.2, 0.25) is 0 Å². The zero-order valence-electron chi connectivity index (χ0n) is 26.9. The Morgan fingerprint density at radius 3 is 2.28 bits per heavy atom. The van der Waals surface area contributed by atoms with Crippen molar-refractivity contribution in [3.8, 4) is 39.7 Å². The van der Waals surface area contributed by atoms with Crippen molar-refractivity contribution in [2.24, 2.45) is 0 Å². The van der Waals surface area contributed by atoms with Crippen molar-refractivity contribution in [2.45, 2.75) is 47.0 Å². The van der Waals surface area contributed by atoms with Gasteiger partial charge in [-0.1, -0.05) is 80.4 Å². The van der Waals surface area contributed by atoms with Gasteiger partial charge in [0.1, 0.15) is 5.82 Å². The molecule has 7 rings (SSSR count). The monoisotopic (exact) mass is 780 g/mol. The van der Waals surface area contributed by atoms with Crippen LogP contribution in [0.15, 0.2) is 103 Å². The Bertz CT molecular complexity index is 2210. The van der Waals surface area contributed by atoms with Gasteiger partial charge < -0.3 is 14.3 Å². The number of fused-ring (bicyclic) bond motifs is 3. The third-order valence-corrected chi connectivity index (χ3v) is 8.43. The zero-order chi connectivity index (χ0) is 31.3. The van der Waals surface area contributed by atoms with Gasteiger partial charge in [0.25, 0.3) is 0 Å². The van der Waals surface area contributed by atoms with E-state index in [0.717, 1.165) is 39.1 Å². The zero-order valence-corrected chi connectivity index (χ0v) is 29.2. The first kappa shape index (κ1) is 31.5. The van der Waals surface area contributed by atoms with Crippen LogP contribution in [-0.4, -0.2) is 14.5 Å². The van der Waals surface area contributed by atoms with E-state index in [1.165, 1.54) is 33.2 Å². The Balaban J connectivity index is 0.00000372. The van der Waals surface area contributed by atoms with Gasteiger partial charge in [0, 0.05) is 29.4 Å². The summed E-state index contributed by atoms with van der Waals surface area (Å²) in [6, 6.07) is 38.4. The van der Waals surface area contributed by atoms with Crippen LogP contribution in [0.3, 0.4) is 0 Å². The molecule has 4 aromatic carbocycles. The molecule has 3 heterocycles. The molecule has 0 bridgehead atoms. The summed E-state index contributed by atoms with van der Waals surface area (Å²) in [5, 5.41) is 2.28.